The number of nitrogens with zero attached hydrogens (tertiary/aromatic N) is 3. The van der Waals surface area contributed by atoms with Gasteiger partial charge in [0, 0.05) is 18.9 Å². The minimum atomic E-state index is -0.307. The van der Waals surface area contributed by atoms with E-state index in [-0.39, 0.29) is 24.3 Å². The topological polar surface area (TPSA) is 77.6 Å². The summed E-state index contributed by atoms with van der Waals surface area (Å²) in [6.45, 7) is 3.20. The molecule has 1 amide bonds. The number of rotatable bonds is 6. The Morgan fingerprint density at radius 1 is 1.30 bits per heavy atom. The standard InChI is InChI=1S/C20H21N3O4/c1-2-26-19(25)13-23-17-8-4-3-7-16(17)21-20(23)14-10-18(24)22(11-14)12-15-6-5-9-27-15/h3-9,14H,2,10-13H2,1H3/t14-/m1/s1. The van der Waals surface area contributed by atoms with E-state index < -0.39 is 0 Å². The van der Waals surface area contributed by atoms with Gasteiger partial charge in [0.1, 0.15) is 18.1 Å². The van der Waals surface area contributed by atoms with E-state index in [0.29, 0.717) is 26.1 Å². The maximum Gasteiger partial charge on any atom is 0.326 e. The number of likely N-dealkylation sites (tertiary alicyclic amines) is 1. The quantitative estimate of drug-likeness (QED) is 0.626. The highest BCUT2D eigenvalue weighted by Crippen LogP contribution is 2.31. The summed E-state index contributed by atoms with van der Waals surface area (Å²) in [4.78, 5) is 31.1. The van der Waals surface area contributed by atoms with E-state index in [1.165, 1.54) is 0 Å². The molecule has 1 aromatic carbocycles. The van der Waals surface area contributed by atoms with Gasteiger partial charge in [0.2, 0.25) is 5.91 Å². The zero-order valence-electron chi connectivity index (χ0n) is 15.1. The van der Waals surface area contributed by atoms with Gasteiger partial charge in [-0.3, -0.25) is 9.59 Å². The van der Waals surface area contributed by atoms with E-state index in [0.717, 1.165) is 22.6 Å². The molecule has 0 saturated carbocycles. The Bertz CT molecular complexity index is 961. The van der Waals surface area contributed by atoms with Crippen molar-refractivity contribution < 1.29 is 18.7 Å². The fourth-order valence-corrected chi connectivity index (χ4v) is 3.60. The first-order chi connectivity index (χ1) is 13.2. The van der Waals surface area contributed by atoms with Gasteiger partial charge in [0.15, 0.2) is 0 Å². The highest BCUT2D eigenvalue weighted by molar-refractivity contribution is 5.82. The molecule has 1 fully saturated rings. The minimum absolute atomic E-state index is 0.0612. The molecule has 7 nitrogen and oxygen atoms in total. The van der Waals surface area contributed by atoms with E-state index >= 15 is 0 Å². The lowest BCUT2D eigenvalue weighted by atomic mass is 10.1. The lowest BCUT2D eigenvalue weighted by Crippen LogP contribution is -2.24. The van der Waals surface area contributed by atoms with Gasteiger partial charge in [0.25, 0.3) is 0 Å². The number of amides is 1. The van der Waals surface area contributed by atoms with Crippen LogP contribution >= 0.6 is 0 Å². The molecule has 1 aliphatic heterocycles. The summed E-state index contributed by atoms with van der Waals surface area (Å²) in [7, 11) is 0. The maximum atomic E-state index is 12.5. The molecule has 1 aliphatic rings. The molecule has 27 heavy (non-hydrogen) atoms. The van der Waals surface area contributed by atoms with E-state index in [9.17, 15) is 9.59 Å². The molecule has 3 heterocycles. The molecule has 4 rings (SSSR count). The molecular formula is C20H21N3O4. The molecule has 140 valence electrons. The van der Waals surface area contributed by atoms with Crippen molar-refractivity contribution in [1.82, 2.24) is 14.5 Å². The number of fused-ring (bicyclic) bond motifs is 1. The zero-order chi connectivity index (χ0) is 18.8. The smallest absolute Gasteiger partial charge is 0.326 e. The Hall–Kier alpha value is -3.09. The van der Waals surface area contributed by atoms with Gasteiger partial charge in [-0.15, -0.1) is 0 Å². The molecule has 3 aromatic rings. The van der Waals surface area contributed by atoms with E-state index in [1.54, 1.807) is 18.1 Å². The van der Waals surface area contributed by atoms with Crippen molar-refractivity contribution in [3.05, 3.63) is 54.2 Å². The minimum Gasteiger partial charge on any atom is -0.467 e. The molecule has 7 heteroatoms. The van der Waals surface area contributed by atoms with Crippen molar-refractivity contribution in [3.63, 3.8) is 0 Å². The molecule has 0 bridgehead atoms. The Morgan fingerprint density at radius 3 is 2.93 bits per heavy atom. The van der Waals surface area contributed by atoms with Crippen LogP contribution in [0.25, 0.3) is 11.0 Å². The summed E-state index contributed by atoms with van der Waals surface area (Å²) in [6, 6.07) is 11.3. The first kappa shape index (κ1) is 17.3. The van der Waals surface area contributed by atoms with Crippen LogP contribution in [0, 0.1) is 0 Å². The summed E-state index contributed by atoms with van der Waals surface area (Å²) in [5, 5.41) is 0. The van der Waals surface area contributed by atoms with Crippen molar-refractivity contribution in [2.75, 3.05) is 13.2 Å². The van der Waals surface area contributed by atoms with Crippen LogP contribution in [0.15, 0.2) is 47.1 Å². The van der Waals surface area contributed by atoms with Crippen molar-refractivity contribution in [1.29, 1.82) is 0 Å². The van der Waals surface area contributed by atoms with E-state index in [4.69, 9.17) is 14.1 Å². The van der Waals surface area contributed by atoms with Crippen molar-refractivity contribution in [2.24, 2.45) is 0 Å². The summed E-state index contributed by atoms with van der Waals surface area (Å²) in [5.41, 5.74) is 1.69. The number of benzene rings is 1. The van der Waals surface area contributed by atoms with Crippen LogP contribution in [0.4, 0.5) is 0 Å². The number of carbonyl (C=O) groups is 2. The number of para-hydroxylation sites is 2. The second kappa shape index (κ2) is 7.26. The highest BCUT2D eigenvalue weighted by Gasteiger charge is 2.34. The first-order valence-electron chi connectivity index (χ1n) is 9.06. The largest absolute Gasteiger partial charge is 0.467 e. The van der Waals surface area contributed by atoms with E-state index in [2.05, 4.69) is 0 Å². The maximum absolute atomic E-state index is 12.5. The number of imidazole rings is 1. The third-order valence-corrected chi connectivity index (χ3v) is 4.78. The summed E-state index contributed by atoms with van der Waals surface area (Å²) >= 11 is 0. The van der Waals surface area contributed by atoms with Crippen LogP contribution in [0.1, 0.15) is 30.8 Å². The first-order valence-corrected chi connectivity index (χ1v) is 9.06. The molecule has 0 aliphatic carbocycles. The molecule has 0 N–H and O–H groups in total. The van der Waals surface area contributed by atoms with Crippen LogP contribution < -0.4 is 0 Å². The van der Waals surface area contributed by atoms with Crippen molar-refractivity contribution in [2.45, 2.75) is 32.4 Å². The van der Waals surface area contributed by atoms with Crippen LogP contribution in [-0.4, -0.2) is 39.5 Å². The Morgan fingerprint density at radius 2 is 2.15 bits per heavy atom. The number of carbonyl (C=O) groups excluding carboxylic acids is 2. The van der Waals surface area contributed by atoms with E-state index in [1.807, 2.05) is 41.0 Å². The predicted molar refractivity (Wildman–Crippen MR) is 97.8 cm³/mol. The molecular weight excluding hydrogens is 346 g/mol. The Balaban J connectivity index is 1.62. The number of aromatic nitrogens is 2. The van der Waals surface area contributed by atoms with Crippen LogP contribution in [0.2, 0.25) is 0 Å². The number of esters is 1. The van der Waals surface area contributed by atoms with Crippen molar-refractivity contribution in [3.8, 4) is 0 Å². The van der Waals surface area contributed by atoms with Gasteiger partial charge in [-0.05, 0) is 31.2 Å². The van der Waals surface area contributed by atoms with Gasteiger partial charge in [-0.2, -0.15) is 0 Å². The van der Waals surface area contributed by atoms with Gasteiger partial charge in [-0.25, -0.2) is 4.98 Å². The lowest BCUT2D eigenvalue weighted by molar-refractivity contribution is -0.143. The zero-order valence-corrected chi connectivity index (χ0v) is 15.1. The monoisotopic (exact) mass is 367 g/mol. The van der Waals surface area contributed by atoms with Gasteiger partial charge < -0.3 is 18.6 Å². The molecule has 0 radical (unpaired) electrons. The number of hydrogen-bond acceptors (Lipinski definition) is 5. The average molecular weight is 367 g/mol. The summed E-state index contributed by atoms with van der Waals surface area (Å²) in [5.74, 6) is 1.18. The average Bonchev–Trinajstić information content (AvgIpc) is 3.36. The summed E-state index contributed by atoms with van der Waals surface area (Å²) in [6.07, 6.45) is 1.97. The SMILES string of the molecule is CCOC(=O)Cn1c([C@@H]2CC(=O)N(Cc3ccco3)C2)nc2ccccc21. The molecule has 0 unspecified atom stereocenters. The fraction of sp³-hybridized carbons (Fsp3) is 0.350. The van der Waals surface area contributed by atoms with Crippen molar-refractivity contribution >= 4 is 22.9 Å². The van der Waals surface area contributed by atoms with Crippen LogP contribution in [0.3, 0.4) is 0 Å². The summed E-state index contributed by atoms with van der Waals surface area (Å²) < 4.78 is 12.4. The second-order valence-electron chi connectivity index (χ2n) is 6.60. The normalized spacial score (nSPS) is 17.0. The Kier molecular flexibility index (Phi) is 4.66. The molecule has 1 saturated heterocycles. The number of ether oxygens (including phenoxy) is 1. The molecule has 2 aromatic heterocycles. The number of hydrogen-bond donors (Lipinski definition) is 0. The van der Waals surface area contributed by atoms with Crippen LogP contribution in [-0.2, 0) is 27.4 Å². The van der Waals surface area contributed by atoms with Gasteiger partial charge >= 0.3 is 5.97 Å². The predicted octanol–water partition coefficient (Wildman–Crippen LogP) is 2.71. The molecule has 0 spiro atoms. The fourth-order valence-electron chi connectivity index (χ4n) is 3.60. The Labute approximate surface area is 156 Å². The van der Waals surface area contributed by atoms with Crippen LogP contribution in [0.5, 0.6) is 0 Å². The third-order valence-electron chi connectivity index (χ3n) is 4.78. The third kappa shape index (κ3) is 3.45. The lowest BCUT2D eigenvalue weighted by Gasteiger charge is -2.16. The second-order valence-corrected chi connectivity index (χ2v) is 6.60. The van der Waals surface area contributed by atoms with Gasteiger partial charge in [-0.1, -0.05) is 12.1 Å². The highest BCUT2D eigenvalue weighted by atomic mass is 16.5. The van der Waals surface area contributed by atoms with Gasteiger partial charge in [0.05, 0.1) is 30.4 Å². The number of furan rings is 1. The molecule has 1 atom stereocenters.